The summed E-state index contributed by atoms with van der Waals surface area (Å²) in [5.41, 5.74) is 1.02. The second kappa shape index (κ2) is 23.1. The van der Waals surface area contributed by atoms with Gasteiger partial charge in [-0.15, -0.1) is 0 Å². The summed E-state index contributed by atoms with van der Waals surface area (Å²) in [6.07, 6.45) is 16.2. The molecule has 1 aliphatic rings. The summed E-state index contributed by atoms with van der Waals surface area (Å²) in [6, 6.07) is 9.69. The second-order valence-electron chi connectivity index (χ2n) is 3.51. The fourth-order valence-electron chi connectivity index (χ4n) is 1.23. The SMILES string of the molecule is [C-]#[O+].[C-]#[O+].[CH2][CH][CH]C(=O)/C=C/c1ccccc1.[CH]1[CH][CH][CH][CH]1.[Mo]. The molecule has 0 saturated heterocycles. The van der Waals surface area contributed by atoms with Crippen LogP contribution in [0.15, 0.2) is 36.4 Å². The molecule has 0 heterocycles. The van der Waals surface area contributed by atoms with Crippen LogP contribution in [0.25, 0.3) is 6.08 Å². The zero-order chi connectivity index (χ0) is 17.1. The van der Waals surface area contributed by atoms with Gasteiger partial charge in [0.05, 0.1) is 0 Å². The van der Waals surface area contributed by atoms with Crippen LogP contribution in [0, 0.1) is 65.2 Å². The van der Waals surface area contributed by atoms with Crippen molar-refractivity contribution in [2.75, 3.05) is 0 Å². The zero-order valence-electron chi connectivity index (χ0n) is 12.4. The largest absolute Gasteiger partial charge is 0.295 e. The molecular weight excluding hydrogens is 372 g/mol. The summed E-state index contributed by atoms with van der Waals surface area (Å²) < 4.78 is 15.0. The molecular formula is C19H16MoO3. The number of ketones is 1. The van der Waals surface area contributed by atoms with Crippen LogP contribution < -0.4 is 0 Å². The van der Waals surface area contributed by atoms with Gasteiger partial charge < -0.3 is 0 Å². The number of hydrogen-bond acceptors (Lipinski definition) is 1. The third kappa shape index (κ3) is 18.8. The zero-order valence-corrected chi connectivity index (χ0v) is 14.4. The first-order valence-corrected chi connectivity index (χ1v) is 6.13. The van der Waals surface area contributed by atoms with Crippen molar-refractivity contribution >= 4 is 11.9 Å². The minimum atomic E-state index is -0.0427. The van der Waals surface area contributed by atoms with E-state index in [-0.39, 0.29) is 26.8 Å². The standard InChI is InChI=1S/C12H11O.C5H5.2CO.Mo/c1-2-6-12(13)10-9-11-7-4-3-5-8-11;1-2-4-5-3-1;2*1-2;/h2-10H,1H2;1-5H;;;/b10-9+;;;;. The van der Waals surface area contributed by atoms with Crippen LogP contribution in [0.3, 0.4) is 0 Å². The van der Waals surface area contributed by atoms with Crippen molar-refractivity contribution in [3.8, 4) is 0 Å². The Morgan fingerprint density at radius 2 is 1.35 bits per heavy atom. The molecule has 1 aromatic rings. The van der Waals surface area contributed by atoms with Crippen molar-refractivity contribution in [2.45, 2.75) is 0 Å². The van der Waals surface area contributed by atoms with Crippen molar-refractivity contribution in [3.63, 3.8) is 0 Å². The Bertz CT molecular complexity index is 418. The first-order valence-electron chi connectivity index (χ1n) is 6.13. The predicted octanol–water partition coefficient (Wildman–Crippen LogP) is 3.46. The fraction of sp³-hybridized carbons (Fsp3) is 0. The summed E-state index contributed by atoms with van der Waals surface area (Å²) in [6.45, 7) is 12.4. The van der Waals surface area contributed by atoms with E-state index >= 15 is 0 Å². The van der Waals surface area contributed by atoms with Crippen LogP contribution in [0.5, 0.6) is 0 Å². The Kier molecular flexibility index (Phi) is 26.8. The monoisotopic (exact) mass is 390 g/mol. The van der Waals surface area contributed by atoms with E-state index in [1.165, 1.54) is 18.9 Å². The molecule has 3 nitrogen and oxygen atoms in total. The Morgan fingerprint density at radius 1 is 0.913 bits per heavy atom. The van der Waals surface area contributed by atoms with E-state index < -0.39 is 0 Å². The van der Waals surface area contributed by atoms with Gasteiger partial charge in [0.1, 0.15) is 0 Å². The van der Waals surface area contributed by atoms with Gasteiger partial charge in [0.15, 0.2) is 5.78 Å². The maximum Gasteiger partial charge on any atom is 0.159 e. The molecule has 1 saturated carbocycles. The van der Waals surface area contributed by atoms with Crippen molar-refractivity contribution in [1.82, 2.24) is 0 Å². The first-order chi connectivity index (χ1) is 10.8. The number of allylic oxidation sites excluding steroid dienone is 1. The molecule has 1 aromatic carbocycles. The summed E-state index contributed by atoms with van der Waals surface area (Å²) in [5.74, 6) is -0.0427. The molecule has 0 atom stereocenters. The molecule has 8 radical (unpaired) electrons. The molecule has 0 aromatic heterocycles. The molecule has 116 valence electrons. The third-order valence-electron chi connectivity index (χ3n) is 2.08. The van der Waals surface area contributed by atoms with Crippen LogP contribution in [0.2, 0.25) is 0 Å². The topological polar surface area (TPSA) is 56.9 Å². The minimum absolute atomic E-state index is 0. The van der Waals surface area contributed by atoms with Gasteiger partial charge in [-0.05, 0) is 57.1 Å². The summed E-state index contributed by atoms with van der Waals surface area (Å²) in [7, 11) is 0. The average Bonchev–Trinajstić information content (AvgIpc) is 3.18. The van der Waals surface area contributed by atoms with E-state index in [4.69, 9.17) is 9.30 Å². The predicted molar refractivity (Wildman–Crippen MR) is 83.8 cm³/mol. The smallest absolute Gasteiger partial charge is 0.159 e. The minimum Gasteiger partial charge on any atom is -0.295 e. The molecule has 23 heavy (non-hydrogen) atoms. The van der Waals surface area contributed by atoms with Gasteiger partial charge in [0.2, 0.25) is 0 Å². The van der Waals surface area contributed by atoms with E-state index in [0.29, 0.717) is 0 Å². The van der Waals surface area contributed by atoms with Crippen LogP contribution >= 0.6 is 0 Å². The van der Waals surface area contributed by atoms with Crippen molar-refractivity contribution in [3.05, 3.63) is 107 Å². The second-order valence-corrected chi connectivity index (χ2v) is 3.51. The van der Waals surface area contributed by atoms with Crippen LogP contribution in [-0.4, -0.2) is 5.78 Å². The number of hydrogen-bond donors (Lipinski definition) is 0. The fourth-order valence-corrected chi connectivity index (χ4v) is 1.23. The van der Waals surface area contributed by atoms with E-state index in [1.54, 1.807) is 6.08 Å². The van der Waals surface area contributed by atoms with Gasteiger partial charge in [-0.3, -0.25) is 4.79 Å². The summed E-state index contributed by atoms with van der Waals surface area (Å²) in [4.78, 5) is 11.0. The van der Waals surface area contributed by atoms with Crippen molar-refractivity contribution in [1.29, 1.82) is 0 Å². The van der Waals surface area contributed by atoms with Crippen LogP contribution in [0.4, 0.5) is 0 Å². The van der Waals surface area contributed by atoms with Crippen molar-refractivity contribution < 1.29 is 35.2 Å². The number of carbonyl (C=O) groups is 1. The Hall–Kier alpha value is -1.20. The van der Waals surface area contributed by atoms with Crippen LogP contribution in [-0.2, 0) is 35.2 Å². The van der Waals surface area contributed by atoms with Gasteiger partial charge in [-0.1, -0.05) is 36.4 Å². The number of rotatable bonds is 4. The van der Waals surface area contributed by atoms with E-state index in [2.05, 4.69) is 20.2 Å². The Labute approximate surface area is 154 Å². The van der Waals surface area contributed by atoms with Gasteiger partial charge in [-0.2, -0.15) is 0 Å². The maximum absolute atomic E-state index is 11.0. The molecule has 0 aliphatic heterocycles. The van der Waals surface area contributed by atoms with Crippen molar-refractivity contribution in [2.24, 2.45) is 0 Å². The van der Waals surface area contributed by atoms with Gasteiger partial charge in [0.25, 0.3) is 0 Å². The maximum atomic E-state index is 11.0. The Morgan fingerprint density at radius 3 is 1.74 bits per heavy atom. The Balaban J connectivity index is -0.000000335. The molecule has 0 amide bonds. The molecule has 0 spiro atoms. The number of benzene rings is 1. The molecule has 1 aliphatic carbocycles. The normalized spacial score (nSPS) is 11.3. The molecule has 4 heteroatoms. The quantitative estimate of drug-likeness (QED) is 0.337. The molecule has 1 fully saturated rings. The summed E-state index contributed by atoms with van der Waals surface area (Å²) >= 11 is 0. The van der Waals surface area contributed by atoms with E-state index in [1.807, 2.05) is 62.4 Å². The van der Waals surface area contributed by atoms with Gasteiger partial charge >= 0.3 is 22.6 Å². The van der Waals surface area contributed by atoms with E-state index in [0.717, 1.165) is 5.56 Å². The van der Waals surface area contributed by atoms with Gasteiger partial charge in [0, 0.05) is 27.5 Å². The van der Waals surface area contributed by atoms with Gasteiger partial charge in [-0.25, -0.2) is 0 Å². The van der Waals surface area contributed by atoms with E-state index in [9.17, 15) is 4.79 Å². The third-order valence-corrected chi connectivity index (χ3v) is 2.08. The first kappa shape index (κ1) is 26.7. The molecule has 0 unspecified atom stereocenters. The molecule has 0 bridgehead atoms. The average molecular weight is 388 g/mol. The molecule has 0 N–H and O–H groups in total. The number of carbonyl (C=O) groups excluding carboxylic acids is 1. The molecule has 2 rings (SSSR count). The summed E-state index contributed by atoms with van der Waals surface area (Å²) in [5, 5.41) is 0. The van der Waals surface area contributed by atoms with Crippen LogP contribution in [0.1, 0.15) is 5.56 Å².